The predicted molar refractivity (Wildman–Crippen MR) is 104 cm³/mol. The minimum Gasteiger partial charge on any atom is -0.490 e. The molecule has 25 heavy (non-hydrogen) atoms. The van der Waals surface area contributed by atoms with E-state index < -0.39 is 0 Å². The Balaban J connectivity index is 1.98. The van der Waals surface area contributed by atoms with Crippen molar-refractivity contribution in [2.45, 2.75) is 52.7 Å². The smallest absolute Gasteiger partial charge is 0.166 e. The van der Waals surface area contributed by atoms with E-state index in [0.717, 1.165) is 35.7 Å². The van der Waals surface area contributed by atoms with Gasteiger partial charge < -0.3 is 14.8 Å². The van der Waals surface area contributed by atoms with Crippen molar-refractivity contribution in [2.75, 3.05) is 13.2 Å². The summed E-state index contributed by atoms with van der Waals surface area (Å²) in [6.07, 6.45) is 5.10. The van der Waals surface area contributed by atoms with Crippen molar-refractivity contribution in [3.05, 3.63) is 59.7 Å². The van der Waals surface area contributed by atoms with Gasteiger partial charge in [-0.25, -0.2) is 0 Å². The van der Waals surface area contributed by atoms with Crippen LogP contribution in [0.2, 0.25) is 0 Å². The summed E-state index contributed by atoms with van der Waals surface area (Å²) in [5, 5.41) is 3.53. The van der Waals surface area contributed by atoms with Crippen LogP contribution in [0.5, 0.6) is 11.5 Å². The lowest BCUT2D eigenvalue weighted by Gasteiger charge is -2.16. The SMILES string of the molecule is CCCCCCNCc1cccc(OCC)c1OCc1ccccc1. The molecule has 0 atom stereocenters. The van der Waals surface area contributed by atoms with Gasteiger partial charge in [0.25, 0.3) is 0 Å². The maximum absolute atomic E-state index is 6.14. The summed E-state index contributed by atoms with van der Waals surface area (Å²) < 4.78 is 11.9. The molecule has 0 aromatic heterocycles. The largest absolute Gasteiger partial charge is 0.490 e. The molecule has 3 heteroatoms. The second-order valence-electron chi connectivity index (χ2n) is 6.19. The van der Waals surface area contributed by atoms with E-state index in [1.54, 1.807) is 0 Å². The molecule has 0 bridgehead atoms. The Bertz CT molecular complexity index is 598. The summed E-state index contributed by atoms with van der Waals surface area (Å²) in [4.78, 5) is 0. The molecule has 2 aromatic rings. The molecule has 0 saturated heterocycles. The lowest BCUT2D eigenvalue weighted by molar-refractivity contribution is 0.266. The second-order valence-corrected chi connectivity index (χ2v) is 6.19. The van der Waals surface area contributed by atoms with Gasteiger partial charge in [-0.15, -0.1) is 0 Å². The van der Waals surface area contributed by atoms with Crippen molar-refractivity contribution in [3.63, 3.8) is 0 Å². The number of para-hydroxylation sites is 1. The summed E-state index contributed by atoms with van der Waals surface area (Å²) in [6, 6.07) is 16.4. The average molecular weight is 341 g/mol. The predicted octanol–water partition coefficient (Wildman–Crippen LogP) is 5.33. The van der Waals surface area contributed by atoms with E-state index in [1.807, 2.05) is 37.3 Å². The molecule has 136 valence electrons. The molecule has 0 spiro atoms. The van der Waals surface area contributed by atoms with Crippen LogP contribution in [0.3, 0.4) is 0 Å². The maximum atomic E-state index is 6.14. The lowest BCUT2D eigenvalue weighted by atomic mass is 10.1. The van der Waals surface area contributed by atoms with Gasteiger partial charge in [0.15, 0.2) is 11.5 Å². The molecule has 0 saturated carbocycles. The van der Waals surface area contributed by atoms with Crippen molar-refractivity contribution in [1.82, 2.24) is 5.32 Å². The Morgan fingerprint density at radius 3 is 2.44 bits per heavy atom. The molecule has 0 radical (unpaired) electrons. The van der Waals surface area contributed by atoms with E-state index in [-0.39, 0.29) is 0 Å². The maximum Gasteiger partial charge on any atom is 0.166 e. The summed E-state index contributed by atoms with van der Waals surface area (Å²) in [5.74, 6) is 1.68. The van der Waals surface area contributed by atoms with Crippen molar-refractivity contribution in [2.24, 2.45) is 0 Å². The number of nitrogens with one attached hydrogen (secondary N) is 1. The van der Waals surface area contributed by atoms with E-state index in [2.05, 4.69) is 30.4 Å². The van der Waals surface area contributed by atoms with Crippen LogP contribution in [-0.4, -0.2) is 13.2 Å². The number of hydrogen-bond donors (Lipinski definition) is 1. The van der Waals surface area contributed by atoms with Crippen molar-refractivity contribution < 1.29 is 9.47 Å². The van der Waals surface area contributed by atoms with Crippen LogP contribution in [0.25, 0.3) is 0 Å². The van der Waals surface area contributed by atoms with Gasteiger partial charge in [-0.05, 0) is 31.5 Å². The number of rotatable bonds is 12. The fraction of sp³-hybridized carbons (Fsp3) is 0.455. The van der Waals surface area contributed by atoms with E-state index in [1.165, 1.54) is 25.7 Å². The molecule has 3 nitrogen and oxygen atoms in total. The molecule has 0 aliphatic rings. The highest BCUT2D eigenvalue weighted by molar-refractivity contribution is 5.46. The van der Waals surface area contributed by atoms with Gasteiger partial charge in [0.05, 0.1) is 6.61 Å². The normalized spacial score (nSPS) is 10.6. The minimum atomic E-state index is 0.550. The Morgan fingerprint density at radius 1 is 0.840 bits per heavy atom. The Kier molecular flexibility index (Phi) is 8.92. The Labute approximate surface area is 152 Å². The third-order valence-corrected chi connectivity index (χ3v) is 4.11. The molecule has 0 heterocycles. The molecule has 0 fully saturated rings. The molecule has 0 aliphatic heterocycles. The van der Waals surface area contributed by atoms with Gasteiger partial charge in [-0.2, -0.15) is 0 Å². The molecular weight excluding hydrogens is 310 g/mol. The number of ether oxygens (including phenoxy) is 2. The van der Waals surface area contributed by atoms with Gasteiger partial charge in [-0.3, -0.25) is 0 Å². The first kappa shape index (κ1) is 19.3. The van der Waals surface area contributed by atoms with Crippen LogP contribution in [0.1, 0.15) is 50.7 Å². The van der Waals surface area contributed by atoms with Crippen molar-refractivity contribution in [3.8, 4) is 11.5 Å². The highest BCUT2D eigenvalue weighted by atomic mass is 16.5. The van der Waals surface area contributed by atoms with Crippen LogP contribution in [0, 0.1) is 0 Å². The van der Waals surface area contributed by atoms with Gasteiger partial charge in [0.2, 0.25) is 0 Å². The number of unbranched alkanes of at least 4 members (excludes halogenated alkanes) is 3. The quantitative estimate of drug-likeness (QED) is 0.529. The first-order valence-electron chi connectivity index (χ1n) is 9.47. The van der Waals surface area contributed by atoms with Crippen LogP contribution in [0.15, 0.2) is 48.5 Å². The standard InChI is InChI=1S/C22H31NO2/c1-3-5-6-10-16-23-17-20-14-11-15-21(24-4-2)22(20)25-18-19-12-8-7-9-13-19/h7-9,11-15,23H,3-6,10,16-18H2,1-2H3. The Morgan fingerprint density at radius 2 is 1.68 bits per heavy atom. The molecule has 2 rings (SSSR count). The molecule has 1 N–H and O–H groups in total. The number of benzene rings is 2. The third kappa shape index (κ3) is 6.79. The monoisotopic (exact) mass is 341 g/mol. The third-order valence-electron chi connectivity index (χ3n) is 4.11. The zero-order chi connectivity index (χ0) is 17.7. The first-order valence-corrected chi connectivity index (χ1v) is 9.47. The second kappa shape index (κ2) is 11.5. The highest BCUT2D eigenvalue weighted by Crippen LogP contribution is 2.32. The van der Waals surface area contributed by atoms with Gasteiger partial charge in [0, 0.05) is 12.1 Å². The van der Waals surface area contributed by atoms with Crippen molar-refractivity contribution >= 4 is 0 Å². The molecule has 2 aromatic carbocycles. The van der Waals surface area contributed by atoms with E-state index >= 15 is 0 Å². The lowest BCUT2D eigenvalue weighted by Crippen LogP contribution is -2.16. The summed E-state index contributed by atoms with van der Waals surface area (Å²) >= 11 is 0. The van der Waals surface area contributed by atoms with Crippen LogP contribution >= 0.6 is 0 Å². The van der Waals surface area contributed by atoms with Crippen LogP contribution < -0.4 is 14.8 Å². The molecule has 0 aliphatic carbocycles. The Hall–Kier alpha value is -2.00. The van der Waals surface area contributed by atoms with Gasteiger partial charge >= 0.3 is 0 Å². The average Bonchev–Trinajstić information content (AvgIpc) is 2.65. The minimum absolute atomic E-state index is 0.550. The van der Waals surface area contributed by atoms with E-state index in [9.17, 15) is 0 Å². The molecular formula is C22H31NO2. The fourth-order valence-corrected chi connectivity index (χ4v) is 2.76. The van der Waals surface area contributed by atoms with Crippen LogP contribution in [-0.2, 0) is 13.2 Å². The topological polar surface area (TPSA) is 30.5 Å². The molecule has 0 amide bonds. The van der Waals surface area contributed by atoms with Gasteiger partial charge in [-0.1, -0.05) is 68.7 Å². The molecule has 0 unspecified atom stereocenters. The summed E-state index contributed by atoms with van der Waals surface area (Å²) in [6.45, 7) is 7.26. The van der Waals surface area contributed by atoms with E-state index in [4.69, 9.17) is 9.47 Å². The highest BCUT2D eigenvalue weighted by Gasteiger charge is 2.11. The first-order chi connectivity index (χ1) is 12.3. The summed E-state index contributed by atoms with van der Waals surface area (Å²) in [7, 11) is 0. The fourth-order valence-electron chi connectivity index (χ4n) is 2.76. The van der Waals surface area contributed by atoms with Gasteiger partial charge in [0.1, 0.15) is 6.61 Å². The van der Waals surface area contributed by atoms with E-state index in [0.29, 0.717) is 13.2 Å². The summed E-state index contributed by atoms with van der Waals surface area (Å²) in [5.41, 5.74) is 2.31. The zero-order valence-corrected chi connectivity index (χ0v) is 15.6. The van der Waals surface area contributed by atoms with Crippen molar-refractivity contribution in [1.29, 1.82) is 0 Å². The zero-order valence-electron chi connectivity index (χ0n) is 15.6. The number of hydrogen-bond acceptors (Lipinski definition) is 3. The van der Waals surface area contributed by atoms with Crippen LogP contribution in [0.4, 0.5) is 0 Å².